The molecule has 6 heteroatoms. The molecule has 2 aromatic heterocycles. The maximum Gasteiger partial charge on any atom is 0.237 e. The van der Waals surface area contributed by atoms with Gasteiger partial charge in [0, 0.05) is 22.5 Å². The van der Waals surface area contributed by atoms with E-state index in [9.17, 15) is 4.79 Å². The lowest BCUT2D eigenvalue weighted by Crippen LogP contribution is -2.41. The monoisotopic (exact) mass is 300 g/mol. The number of H-pyrrole nitrogens is 1. The average molecular weight is 300 g/mol. The van der Waals surface area contributed by atoms with Gasteiger partial charge in [-0.05, 0) is 18.1 Å². The smallest absolute Gasteiger partial charge is 0.237 e. The number of thiazole rings is 1. The number of benzene rings is 1. The molecule has 1 amide bonds. The zero-order chi connectivity index (χ0) is 14.7. The molecule has 1 aromatic carbocycles. The molecule has 0 fully saturated rings. The molecule has 0 bridgehead atoms. The van der Waals surface area contributed by atoms with Gasteiger partial charge in [0.05, 0.1) is 23.8 Å². The number of para-hydroxylation sites is 1. The van der Waals surface area contributed by atoms with E-state index in [1.165, 1.54) is 11.3 Å². The Morgan fingerprint density at radius 3 is 3.10 bits per heavy atom. The van der Waals surface area contributed by atoms with E-state index in [0.717, 1.165) is 22.2 Å². The summed E-state index contributed by atoms with van der Waals surface area (Å²) in [4.78, 5) is 19.3. The second-order valence-corrected chi connectivity index (χ2v) is 5.59. The number of nitrogens with zero attached hydrogens (tertiary/aromatic N) is 1. The molecule has 0 aliphatic heterocycles. The third-order valence-electron chi connectivity index (χ3n) is 3.38. The van der Waals surface area contributed by atoms with E-state index in [-0.39, 0.29) is 5.91 Å². The highest BCUT2D eigenvalue weighted by atomic mass is 32.1. The number of fused-ring (bicyclic) bond motifs is 1. The van der Waals surface area contributed by atoms with Crippen LogP contribution in [0.1, 0.15) is 11.3 Å². The lowest BCUT2D eigenvalue weighted by Gasteiger charge is -2.11. The molecule has 5 nitrogen and oxygen atoms in total. The van der Waals surface area contributed by atoms with Crippen molar-refractivity contribution in [3.63, 3.8) is 0 Å². The molecule has 108 valence electrons. The molecule has 4 N–H and O–H groups in total. The van der Waals surface area contributed by atoms with Gasteiger partial charge in [-0.15, -0.1) is 11.3 Å². The maximum absolute atomic E-state index is 12.0. The number of amides is 1. The zero-order valence-electron chi connectivity index (χ0n) is 11.4. The van der Waals surface area contributed by atoms with Crippen LogP contribution in [-0.2, 0) is 17.8 Å². The summed E-state index contributed by atoms with van der Waals surface area (Å²) in [6, 6.07) is 7.42. The number of carbonyl (C=O) groups excluding carboxylic acids is 1. The van der Waals surface area contributed by atoms with Gasteiger partial charge in [0.2, 0.25) is 5.91 Å². The summed E-state index contributed by atoms with van der Waals surface area (Å²) < 4.78 is 0. The van der Waals surface area contributed by atoms with Crippen LogP contribution in [-0.4, -0.2) is 21.9 Å². The van der Waals surface area contributed by atoms with E-state index < -0.39 is 6.04 Å². The second-order valence-electron chi connectivity index (χ2n) is 4.87. The molecule has 0 saturated carbocycles. The highest BCUT2D eigenvalue weighted by Gasteiger charge is 2.16. The highest BCUT2D eigenvalue weighted by molar-refractivity contribution is 7.07. The van der Waals surface area contributed by atoms with Crippen molar-refractivity contribution in [1.29, 1.82) is 0 Å². The molecule has 0 unspecified atom stereocenters. The minimum absolute atomic E-state index is 0.159. The van der Waals surface area contributed by atoms with Gasteiger partial charge in [0.1, 0.15) is 0 Å². The number of hydrogen-bond acceptors (Lipinski definition) is 4. The molecule has 21 heavy (non-hydrogen) atoms. The van der Waals surface area contributed by atoms with Crippen LogP contribution in [0.4, 0.5) is 0 Å². The average Bonchev–Trinajstić information content (AvgIpc) is 3.15. The SMILES string of the molecule is N[C@H](Cc1c[nH]c2ccccc12)C(=O)NCc1cscn1. The number of nitrogens with one attached hydrogen (secondary N) is 2. The van der Waals surface area contributed by atoms with Crippen molar-refractivity contribution >= 4 is 28.1 Å². The van der Waals surface area contributed by atoms with Gasteiger partial charge in [0.25, 0.3) is 0 Å². The summed E-state index contributed by atoms with van der Waals surface area (Å²) in [5, 5.41) is 5.83. The molecule has 0 saturated heterocycles. The Bertz CT molecular complexity index is 735. The fraction of sp³-hybridized carbons (Fsp3) is 0.200. The Morgan fingerprint density at radius 2 is 2.29 bits per heavy atom. The van der Waals surface area contributed by atoms with Crippen molar-refractivity contribution in [2.45, 2.75) is 19.0 Å². The first-order valence-corrected chi connectivity index (χ1v) is 7.63. The molecule has 0 spiro atoms. The van der Waals surface area contributed by atoms with Gasteiger partial charge < -0.3 is 16.0 Å². The van der Waals surface area contributed by atoms with Crippen molar-refractivity contribution in [3.05, 3.63) is 52.6 Å². The highest BCUT2D eigenvalue weighted by Crippen LogP contribution is 2.18. The lowest BCUT2D eigenvalue weighted by molar-refractivity contribution is -0.122. The Balaban J connectivity index is 1.62. The van der Waals surface area contributed by atoms with Crippen LogP contribution in [0.25, 0.3) is 10.9 Å². The van der Waals surface area contributed by atoms with Crippen LogP contribution in [0, 0.1) is 0 Å². The van der Waals surface area contributed by atoms with Gasteiger partial charge in [0.15, 0.2) is 0 Å². The van der Waals surface area contributed by atoms with Crippen LogP contribution in [0.5, 0.6) is 0 Å². The van der Waals surface area contributed by atoms with Crippen molar-refractivity contribution in [1.82, 2.24) is 15.3 Å². The van der Waals surface area contributed by atoms with Gasteiger partial charge in [-0.2, -0.15) is 0 Å². The van der Waals surface area contributed by atoms with Crippen LogP contribution in [0.15, 0.2) is 41.4 Å². The Labute approximate surface area is 126 Å². The predicted molar refractivity (Wildman–Crippen MR) is 83.9 cm³/mol. The van der Waals surface area contributed by atoms with Crippen LogP contribution < -0.4 is 11.1 Å². The standard InChI is InChI=1S/C15H16N4OS/c16-13(15(20)18-7-11-8-21-9-19-11)5-10-6-17-14-4-2-1-3-12(10)14/h1-4,6,8-9,13,17H,5,7,16H2,(H,18,20)/t13-/m1/s1. The van der Waals surface area contributed by atoms with Crippen LogP contribution in [0.2, 0.25) is 0 Å². The van der Waals surface area contributed by atoms with Gasteiger partial charge >= 0.3 is 0 Å². The number of nitrogens with two attached hydrogens (primary N) is 1. The number of carbonyl (C=O) groups is 1. The molecule has 2 heterocycles. The van der Waals surface area contributed by atoms with Crippen molar-refractivity contribution < 1.29 is 4.79 Å². The predicted octanol–water partition coefficient (Wildman–Crippen LogP) is 1.81. The van der Waals surface area contributed by atoms with E-state index in [1.807, 2.05) is 35.8 Å². The summed E-state index contributed by atoms with van der Waals surface area (Å²) in [7, 11) is 0. The molecule has 0 radical (unpaired) electrons. The molecule has 0 aliphatic rings. The fourth-order valence-corrected chi connectivity index (χ4v) is 2.82. The van der Waals surface area contributed by atoms with E-state index in [2.05, 4.69) is 15.3 Å². The topological polar surface area (TPSA) is 83.8 Å². The lowest BCUT2D eigenvalue weighted by atomic mass is 10.1. The first kappa shape index (κ1) is 13.8. The molecule has 3 aromatic rings. The fourth-order valence-electron chi connectivity index (χ4n) is 2.26. The molecule has 3 rings (SSSR count). The van der Waals surface area contributed by atoms with Gasteiger partial charge in [-0.1, -0.05) is 18.2 Å². The quantitative estimate of drug-likeness (QED) is 0.672. The Morgan fingerprint density at radius 1 is 1.43 bits per heavy atom. The number of aromatic amines is 1. The van der Waals surface area contributed by atoms with Crippen LogP contribution in [0.3, 0.4) is 0 Å². The minimum atomic E-state index is -0.567. The van der Waals surface area contributed by atoms with Crippen molar-refractivity contribution in [3.8, 4) is 0 Å². The summed E-state index contributed by atoms with van der Waals surface area (Å²) in [5.41, 5.74) is 10.7. The Hall–Kier alpha value is -2.18. The largest absolute Gasteiger partial charge is 0.361 e. The number of rotatable bonds is 5. The normalized spacial score (nSPS) is 12.4. The number of hydrogen-bond donors (Lipinski definition) is 3. The summed E-state index contributed by atoms with van der Waals surface area (Å²) in [6.45, 7) is 0.421. The van der Waals surface area contributed by atoms with E-state index in [4.69, 9.17) is 5.73 Å². The Kier molecular flexibility index (Phi) is 3.98. The first-order valence-electron chi connectivity index (χ1n) is 6.69. The molecular formula is C15H16N4OS. The first-order chi connectivity index (χ1) is 10.2. The summed E-state index contributed by atoms with van der Waals surface area (Å²) in [5.74, 6) is -0.159. The summed E-state index contributed by atoms with van der Waals surface area (Å²) >= 11 is 1.51. The van der Waals surface area contributed by atoms with Gasteiger partial charge in [-0.25, -0.2) is 4.98 Å². The maximum atomic E-state index is 12.0. The number of aromatic nitrogens is 2. The molecular weight excluding hydrogens is 284 g/mol. The van der Waals surface area contributed by atoms with Crippen LogP contribution >= 0.6 is 11.3 Å². The van der Waals surface area contributed by atoms with Gasteiger partial charge in [-0.3, -0.25) is 4.79 Å². The van der Waals surface area contributed by atoms with Crippen molar-refractivity contribution in [2.24, 2.45) is 5.73 Å². The third kappa shape index (κ3) is 3.12. The van der Waals surface area contributed by atoms with E-state index in [0.29, 0.717) is 13.0 Å². The van der Waals surface area contributed by atoms with E-state index in [1.54, 1.807) is 5.51 Å². The van der Waals surface area contributed by atoms with E-state index >= 15 is 0 Å². The van der Waals surface area contributed by atoms with Crippen molar-refractivity contribution in [2.75, 3.05) is 0 Å². The molecule has 1 atom stereocenters. The third-order valence-corrected chi connectivity index (χ3v) is 4.01. The second kappa shape index (κ2) is 6.07. The summed E-state index contributed by atoms with van der Waals surface area (Å²) in [6.07, 6.45) is 2.42. The molecule has 0 aliphatic carbocycles. The minimum Gasteiger partial charge on any atom is -0.361 e. The zero-order valence-corrected chi connectivity index (χ0v) is 12.2.